The van der Waals surface area contributed by atoms with Gasteiger partial charge in [-0.2, -0.15) is 0 Å². The summed E-state index contributed by atoms with van der Waals surface area (Å²) in [5.74, 6) is 0.319. The van der Waals surface area contributed by atoms with Gasteiger partial charge in [-0.15, -0.1) is 11.3 Å². The number of carbonyl (C=O) groups excluding carboxylic acids is 1. The van der Waals surface area contributed by atoms with Crippen molar-refractivity contribution in [1.29, 1.82) is 0 Å². The van der Waals surface area contributed by atoms with Crippen LogP contribution in [0, 0.1) is 6.92 Å². The molecule has 3 rings (SSSR count). The summed E-state index contributed by atoms with van der Waals surface area (Å²) in [6.07, 6.45) is 4.96. The largest absolute Gasteiger partial charge is 0.508 e. The third-order valence-electron chi connectivity index (χ3n) is 3.62. The number of phenolic OH excluding ortho intramolecular Hbond substituents is 1. The first-order valence-corrected chi connectivity index (χ1v) is 8.10. The molecular weight excluding hydrogens is 304 g/mol. The van der Waals surface area contributed by atoms with Crippen molar-refractivity contribution in [2.24, 2.45) is 0 Å². The fraction of sp³-hybridized carbons (Fsp3) is 0.0500. The molecule has 1 heterocycles. The number of carbonyl (C=O) groups is 1. The van der Waals surface area contributed by atoms with Crippen molar-refractivity contribution >= 4 is 29.8 Å². The number of phenols is 1. The summed E-state index contributed by atoms with van der Waals surface area (Å²) in [4.78, 5) is 13.0. The SMILES string of the molecule is Cc1cc(/C=C/c2ccc(-c3ccc(C=O)cc3)s2)ccc1O. The highest BCUT2D eigenvalue weighted by Crippen LogP contribution is 2.29. The lowest BCUT2D eigenvalue weighted by atomic mass is 10.1. The summed E-state index contributed by atoms with van der Waals surface area (Å²) < 4.78 is 0. The monoisotopic (exact) mass is 320 g/mol. The molecular formula is C20H16O2S. The highest BCUT2D eigenvalue weighted by atomic mass is 32.1. The van der Waals surface area contributed by atoms with E-state index in [0.29, 0.717) is 11.3 Å². The van der Waals surface area contributed by atoms with Crippen LogP contribution in [-0.4, -0.2) is 11.4 Å². The van der Waals surface area contributed by atoms with Crippen LogP contribution in [0.5, 0.6) is 5.75 Å². The van der Waals surface area contributed by atoms with E-state index in [9.17, 15) is 9.90 Å². The highest BCUT2D eigenvalue weighted by molar-refractivity contribution is 7.16. The molecule has 2 aromatic carbocycles. The number of aromatic hydroxyl groups is 1. The van der Waals surface area contributed by atoms with E-state index in [4.69, 9.17) is 0 Å². The third-order valence-corrected chi connectivity index (χ3v) is 4.72. The quantitative estimate of drug-likeness (QED) is 0.652. The zero-order chi connectivity index (χ0) is 16.2. The number of thiophene rings is 1. The summed E-state index contributed by atoms with van der Waals surface area (Å²) in [5.41, 5.74) is 3.73. The smallest absolute Gasteiger partial charge is 0.150 e. The zero-order valence-corrected chi connectivity index (χ0v) is 13.5. The van der Waals surface area contributed by atoms with Crippen LogP contribution in [-0.2, 0) is 0 Å². The lowest BCUT2D eigenvalue weighted by molar-refractivity contribution is 0.112. The summed E-state index contributed by atoms with van der Waals surface area (Å²) in [5, 5.41) is 9.55. The molecule has 3 aromatic rings. The molecule has 3 heteroatoms. The van der Waals surface area contributed by atoms with E-state index in [0.717, 1.165) is 27.9 Å². The van der Waals surface area contributed by atoms with Gasteiger partial charge in [-0.3, -0.25) is 4.79 Å². The molecule has 1 aromatic heterocycles. The summed E-state index contributed by atoms with van der Waals surface area (Å²) >= 11 is 1.70. The zero-order valence-electron chi connectivity index (χ0n) is 12.7. The first kappa shape index (κ1) is 15.3. The minimum Gasteiger partial charge on any atom is -0.508 e. The number of hydrogen-bond donors (Lipinski definition) is 1. The van der Waals surface area contributed by atoms with Gasteiger partial charge >= 0.3 is 0 Å². The van der Waals surface area contributed by atoms with Crippen LogP contribution in [0.2, 0.25) is 0 Å². The third kappa shape index (κ3) is 3.58. The molecule has 0 saturated carbocycles. The van der Waals surface area contributed by atoms with Gasteiger partial charge in [0.1, 0.15) is 12.0 Å². The minimum atomic E-state index is 0.319. The predicted molar refractivity (Wildman–Crippen MR) is 96.9 cm³/mol. The molecule has 0 bridgehead atoms. The van der Waals surface area contributed by atoms with Gasteiger partial charge in [-0.1, -0.05) is 36.4 Å². The van der Waals surface area contributed by atoms with Crippen LogP contribution in [0.15, 0.2) is 54.6 Å². The Morgan fingerprint density at radius 1 is 0.913 bits per heavy atom. The van der Waals surface area contributed by atoms with Gasteiger partial charge in [-0.25, -0.2) is 0 Å². The summed E-state index contributed by atoms with van der Waals surface area (Å²) in [6, 6.07) is 17.3. The van der Waals surface area contributed by atoms with E-state index in [1.54, 1.807) is 17.4 Å². The Bertz CT molecular complexity index is 858. The molecule has 0 atom stereocenters. The molecule has 0 amide bonds. The van der Waals surface area contributed by atoms with E-state index >= 15 is 0 Å². The minimum absolute atomic E-state index is 0.319. The number of aldehydes is 1. The van der Waals surface area contributed by atoms with Gasteiger partial charge in [0.2, 0.25) is 0 Å². The van der Waals surface area contributed by atoms with E-state index in [1.807, 2.05) is 49.4 Å². The lowest BCUT2D eigenvalue weighted by Crippen LogP contribution is -1.78. The van der Waals surface area contributed by atoms with E-state index in [2.05, 4.69) is 18.2 Å². The van der Waals surface area contributed by atoms with Crippen molar-refractivity contribution in [3.63, 3.8) is 0 Å². The predicted octanol–water partition coefficient (Wildman–Crippen LogP) is 5.41. The van der Waals surface area contributed by atoms with Gasteiger partial charge in [0.05, 0.1) is 0 Å². The second-order valence-corrected chi connectivity index (χ2v) is 6.44. The standard InChI is InChI=1S/C20H16O2S/c1-14-12-15(5-10-19(14)22)4-8-18-9-11-20(23-18)17-6-2-16(13-21)3-7-17/h2-13,22H,1H3/b8-4+. The molecule has 1 N–H and O–H groups in total. The molecule has 23 heavy (non-hydrogen) atoms. The van der Waals surface area contributed by atoms with Crippen molar-refractivity contribution in [1.82, 2.24) is 0 Å². The van der Waals surface area contributed by atoms with Gasteiger partial charge < -0.3 is 5.11 Å². The first-order valence-electron chi connectivity index (χ1n) is 7.29. The van der Waals surface area contributed by atoms with Crippen LogP contribution >= 0.6 is 11.3 Å². The Morgan fingerprint density at radius 2 is 1.65 bits per heavy atom. The topological polar surface area (TPSA) is 37.3 Å². The number of aryl methyl sites for hydroxylation is 1. The Morgan fingerprint density at radius 3 is 2.35 bits per heavy atom. The maximum atomic E-state index is 10.7. The summed E-state index contributed by atoms with van der Waals surface area (Å²) in [7, 11) is 0. The number of rotatable bonds is 4. The van der Waals surface area contributed by atoms with Crippen molar-refractivity contribution in [3.05, 3.63) is 76.2 Å². The Kier molecular flexibility index (Phi) is 4.40. The van der Waals surface area contributed by atoms with Crippen LogP contribution in [0.25, 0.3) is 22.6 Å². The maximum Gasteiger partial charge on any atom is 0.150 e. The lowest BCUT2D eigenvalue weighted by Gasteiger charge is -1.99. The second kappa shape index (κ2) is 6.63. The van der Waals surface area contributed by atoms with Crippen LogP contribution in [0.1, 0.15) is 26.4 Å². The maximum absolute atomic E-state index is 10.7. The molecule has 0 spiro atoms. The molecule has 0 aliphatic rings. The molecule has 114 valence electrons. The normalized spacial score (nSPS) is 11.0. The number of benzene rings is 2. The molecule has 2 nitrogen and oxygen atoms in total. The Hall–Kier alpha value is -2.65. The Balaban J connectivity index is 1.79. The molecule has 0 saturated heterocycles. The molecule has 0 aliphatic carbocycles. The molecule has 0 fully saturated rings. The average Bonchev–Trinajstić information content (AvgIpc) is 3.05. The van der Waals surface area contributed by atoms with Crippen LogP contribution in [0.3, 0.4) is 0 Å². The van der Waals surface area contributed by atoms with Crippen molar-refractivity contribution in [2.45, 2.75) is 6.92 Å². The van der Waals surface area contributed by atoms with Crippen molar-refractivity contribution in [3.8, 4) is 16.2 Å². The molecule has 0 unspecified atom stereocenters. The fourth-order valence-corrected chi connectivity index (χ4v) is 3.20. The van der Waals surface area contributed by atoms with Crippen molar-refractivity contribution < 1.29 is 9.90 Å². The van der Waals surface area contributed by atoms with E-state index < -0.39 is 0 Å². The second-order valence-electron chi connectivity index (χ2n) is 5.32. The first-order chi connectivity index (χ1) is 11.2. The summed E-state index contributed by atoms with van der Waals surface area (Å²) in [6.45, 7) is 1.89. The fourth-order valence-electron chi connectivity index (χ4n) is 2.28. The Labute approximate surface area is 139 Å². The number of hydrogen-bond acceptors (Lipinski definition) is 3. The van der Waals surface area contributed by atoms with Gasteiger partial charge in [0, 0.05) is 15.3 Å². The van der Waals surface area contributed by atoms with E-state index in [1.165, 1.54) is 4.88 Å². The van der Waals surface area contributed by atoms with Crippen LogP contribution in [0.4, 0.5) is 0 Å². The van der Waals surface area contributed by atoms with Crippen molar-refractivity contribution in [2.75, 3.05) is 0 Å². The molecule has 0 aliphatic heterocycles. The molecule has 0 radical (unpaired) electrons. The highest BCUT2D eigenvalue weighted by Gasteiger charge is 2.02. The average molecular weight is 320 g/mol. The van der Waals surface area contributed by atoms with Gasteiger partial charge in [-0.05, 0) is 54.0 Å². The van der Waals surface area contributed by atoms with E-state index in [-0.39, 0.29) is 0 Å². The van der Waals surface area contributed by atoms with Gasteiger partial charge in [0.25, 0.3) is 0 Å². The van der Waals surface area contributed by atoms with Gasteiger partial charge in [0.15, 0.2) is 0 Å². The van der Waals surface area contributed by atoms with Crippen LogP contribution < -0.4 is 0 Å².